The molecule has 9 nitrogen and oxygen atoms in total. The van der Waals surface area contributed by atoms with Crippen LogP contribution in [0.3, 0.4) is 0 Å². The summed E-state index contributed by atoms with van der Waals surface area (Å²) in [4.78, 5) is 24.8. The van der Waals surface area contributed by atoms with E-state index in [2.05, 4.69) is 34.4 Å². The van der Waals surface area contributed by atoms with Crippen LogP contribution in [-0.2, 0) is 4.79 Å². The number of hydrogen-bond donors (Lipinski definition) is 2. The summed E-state index contributed by atoms with van der Waals surface area (Å²) in [5.74, 6) is 0.184. The average Bonchev–Trinajstić information content (AvgIpc) is 2.96. The lowest BCUT2D eigenvalue weighted by Crippen LogP contribution is -2.37. The number of rotatable bonds is 9. The highest BCUT2D eigenvalue weighted by Gasteiger charge is 2.15. The topological polar surface area (TPSA) is 109 Å². The van der Waals surface area contributed by atoms with E-state index in [4.69, 9.17) is 12.2 Å². The fourth-order valence-electron chi connectivity index (χ4n) is 2.59. The van der Waals surface area contributed by atoms with Gasteiger partial charge in [-0.2, -0.15) is 5.10 Å². The lowest BCUT2D eigenvalue weighted by molar-refractivity contribution is -0.384. The maximum Gasteiger partial charge on any atom is 0.269 e. The Morgan fingerprint density at radius 3 is 2.46 bits per heavy atom. The first kappa shape index (κ1) is 19.7. The summed E-state index contributed by atoms with van der Waals surface area (Å²) in [6.07, 6.45) is 1.93. The van der Waals surface area contributed by atoms with E-state index < -0.39 is 4.92 Å². The van der Waals surface area contributed by atoms with Gasteiger partial charge >= 0.3 is 0 Å². The van der Waals surface area contributed by atoms with Crippen LogP contribution < -0.4 is 5.43 Å². The quantitative estimate of drug-likeness (QED) is 0.394. The van der Waals surface area contributed by atoms with Crippen molar-refractivity contribution in [1.29, 1.82) is 0 Å². The molecule has 10 heteroatoms. The van der Waals surface area contributed by atoms with Crippen LogP contribution in [0.15, 0.2) is 24.3 Å². The minimum absolute atomic E-state index is 0.0201. The smallest absolute Gasteiger partial charge is 0.269 e. The summed E-state index contributed by atoms with van der Waals surface area (Å²) < 4.78 is 1.62. The lowest BCUT2D eigenvalue weighted by atomic mass is 10.2. The number of carbonyl (C=O) groups excluding carboxylic acids is 1. The van der Waals surface area contributed by atoms with Crippen LogP contribution in [0.2, 0.25) is 0 Å². The first-order chi connectivity index (χ1) is 12.5. The second kappa shape index (κ2) is 9.20. The minimum Gasteiger partial charge on any atom is -0.294 e. The molecule has 0 bridgehead atoms. The third kappa shape index (κ3) is 4.96. The van der Waals surface area contributed by atoms with Gasteiger partial charge in [-0.15, -0.1) is 0 Å². The van der Waals surface area contributed by atoms with Crippen LogP contribution in [0.25, 0.3) is 11.4 Å². The number of aromatic amines is 1. The standard InChI is InChI=1S/C16H22N6O3S/c1-3-9-20(10-4-2)11-14(23)19-21-15(17-18-16(21)26)12-5-7-13(8-6-12)22(24)25/h5-8H,3-4,9-11H2,1-2H3,(H,18,26)(H,19,23). The Bertz CT molecular complexity index is 808. The zero-order chi connectivity index (χ0) is 19.1. The van der Waals surface area contributed by atoms with Crippen molar-refractivity contribution in [2.24, 2.45) is 0 Å². The second-order valence-corrected chi connectivity index (χ2v) is 6.19. The summed E-state index contributed by atoms with van der Waals surface area (Å²) in [6, 6.07) is 5.88. The number of nitro benzene ring substituents is 1. The third-order valence-electron chi connectivity index (χ3n) is 3.69. The number of nitro groups is 1. The highest BCUT2D eigenvalue weighted by atomic mass is 32.1. The van der Waals surface area contributed by atoms with Crippen molar-refractivity contribution in [3.8, 4) is 11.4 Å². The van der Waals surface area contributed by atoms with Crippen molar-refractivity contribution in [2.45, 2.75) is 26.7 Å². The summed E-state index contributed by atoms with van der Waals surface area (Å²) in [5, 5.41) is 17.5. The van der Waals surface area contributed by atoms with Gasteiger partial charge in [0.2, 0.25) is 4.77 Å². The van der Waals surface area contributed by atoms with Gasteiger partial charge in [0.15, 0.2) is 5.82 Å². The van der Waals surface area contributed by atoms with Gasteiger partial charge in [-0.3, -0.25) is 25.2 Å². The number of aromatic nitrogens is 3. The Balaban J connectivity index is 2.17. The molecule has 0 spiro atoms. The summed E-state index contributed by atoms with van der Waals surface area (Å²) in [5.41, 5.74) is 3.33. The van der Waals surface area contributed by atoms with Crippen LogP contribution in [-0.4, -0.2) is 50.2 Å². The van der Waals surface area contributed by atoms with Gasteiger partial charge < -0.3 is 0 Å². The van der Waals surface area contributed by atoms with Gasteiger partial charge in [0.1, 0.15) is 0 Å². The number of nitrogens with one attached hydrogen (secondary N) is 2. The molecular weight excluding hydrogens is 356 g/mol. The number of benzene rings is 1. The molecule has 0 saturated heterocycles. The molecule has 1 aromatic carbocycles. The van der Waals surface area contributed by atoms with Crippen molar-refractivity contribution in [3.63, 3.8) is 0 Å². The molecule has 1 aromatic heterocycles. The average molecular weight is 378 g/mol. The van der Waals surface area contributed by atoms with E-state index in [9.17, 15) is 14.9 Å². The maximum atomic E-state index is 12.4. The number of carbonyl (C=O) groups is 1. The molecule has 0 aliphatic carbocycles. The van der Waals surface area contributed by atoms with Crippen LogP contribution >= 0.6 is 12.2 Å². The van der Waals surface area contributed by atoms with E-state index in [1.54, 1.807) is 12.1 Å². The first-order valence-corrected chi connectivity index (χ1v) is 8.81. The van der Waals surface area contributed by atoms with Gasteiger partial charge in [-0.25, -0.2) is 9.77 Å². The predicted molar refractivity (Wildman–Crippen MR) is 101 cm³/mol. The molecule has 140 valence electrons. The van der Waals surface area contributed by atoms with Crippen LogP contribution in [0.1, 0.15) is 26.7 Å². The molecule has 2 rings (SSSR count). The molecule has 0 atom stereocenters. The van der Waals surface area contributed by atoms with Crippen molar-refractivity contribution in [2.75, 3.05) is 25.1 Å². The molecule has 0 aliphatic heterocycles. The normalized spacial score (nSPS) is 10.9. The molecule has 1 heterocycles. The number of H-pyrrole nitrogens is 1. The number of non-ortho nitro benzene ring substituents is 1. The highest BCUT2D eigenvalue weighted by molar-refractivity contribution is 7.71. The van der Waals surface area contributed by atoms with Crippen LogP contribution in [0.5, 0.6) is 0 Å². The van der Waals surface area contributed by atoms with Gasteiger partial charge in [-0.1, -0.05) is 13.8 Å². The number of nitrogens with zero attached hydrogens (tertiary/aromatic N) is 4. The predicted octanol–water partition coefficient (Wildman–Crippen LogP) is 2.71. The van der Waals surface area contributed by atoms with Gasteiger partial charge in [0.25, 0.3) is 11.6 Å². The van der Waals surface area contributed by atoms with Gasteiger partial charge in [-0.05, 0) is 50.3 Å². The van der Waals surface area contributed by atoms with E-state index >= 15 is 0 Å². The molecule has 1 amide bonds. The molecule has 0 fully saturated rings. The fourth-order valence-corrected chi connectivity index (χ4v) is 2.77. The first-order valence-electron chi connectivity index (χ1n) is 8.40. The van der Waals surface area contributed by atoms with Gasteiger partial charge in [0.05, 0.1) is 11.5 Å². The summed E-state index contributed by atoms with van der Waals surface area (Å²) >= 11 is 5.18. The summed E-state index contributed by atoms with van der Waals surface area (Å²) in [7, 11) is 0. The highest BCUT2D eigenvalue weighted by Crippen LogP contribution is 2.20. The lowest BCUT2D eigenvalue weighted by Gasteiger charge is -2.20. The largest absolute Gasteiger partial charge is 0.294 e. The Morgan fingerprint density at radius 1 is 1.31 bits per heavy atom. The Hall–Kier alpha value is -2.59. The second-order valence-electron chi connectivity index (χ2n) is 5.80. The van der Waals surface area contributed by atoms with Crippen LogP contribution in [0, 0.1) is 14.9 Å². The van der Waals surface area contributed by atoms with Gasteiger partial charge in [0, 0.05) is 17.7 Å². The monoisotopic (exact) mass is 378 g/mol. The van der Waals surface area contributed by atoms with Crippen molar-refractivity contribution in [1.82, 2.24) is 19.8 Å². The van der Waals surface area contributed by atoms with E-state index in [0.29, 0.717) is 11.4 Å². The van der Waals surface area contributed by atoms with Crippen molar-refractivity contribution in [3.05, 3.63) is 39.2 Å². The molecule has 2 N–H and O–H groups in total. The van der Waals surface area contributed by atoms with E-state index in [-0.39, 0.29) is 22.9 Å². The summed E-state index contributed by atoms with van der Waals surface area (Å²) in [6.45, 7) is 6.08. The van der Waals surface area contributed by atoms with E-state index in [0.717, 1.165) is 25.9 Å². The fraction of sp³-hybridized carbons (Fsp3) is 0.438. The molecule has 2 aromatic rings. The number of hydrogen-bond acceptors (Lipinski definition) is 6. The molecule has 0 aliphatic rings. The molecular formula is C16H22N6O3S. The minimum atomic E-state index is -0.473. The van der Waals surface area contributed by atoms with Crippen molar-refractivity contribution < 1.29 is 9.72 Å². The zero-order valence-corrected chi connectivity index (χ0v) is 15.6. The maximum absolute atomic E-state index is 12.4. The zero-order valence-electron chi connectivity index (χ0n) is 14.8. The third-order valence-corrected chi connectivity index (χ3v) is 3.97. The SMILES string of the molecule is CCCN(CCC)CC(=O)Nn1c(-c2ccc([N+](=O)[O-])cc2)n[nH]c1=S. The van der Waals surface area contributed by atoms with Crippen LogP contribution in [0.4, 0.5) is 5.69 Å². The Morgan fingerprint density at radius 2 is 1.92 bits per heavy atom. The van der Waals surface area contributed by atoms with E-state index in [1.807, 2.05) is 0 Å². The molecule has 0 radical (unpaired) electrons. The molecule has 0 unspecified atom stereocenters. The molecule has 0 saturated carbocycles. The Kier molecular flexibility index (Phi) is 6.98. The molecule has 26 heavy (non-hydrogen) atoms. The van der Waals surface area contributed by atoms with Crippen molar-refractivity contribution >= 4 is 23.8 Å². The Labute approximate surface area is 156 Å². The van der Waals surface area contributed by atoms with E-state index in [1.165, 1.54) is 16.8 Å². The number of amides is 1.